The molecule has 0 spiro atoms. The topological polar surface area (TPSA) is 49.9 Å². The van der Waals surface area contributed by atoms with Crippen LogP contribution in [0.1, 0.15) is 21.5 Å². The van der Waals surface area contributed by atoms with Gasteiger partial charge in [-0.1, -0.05) is 24.3 Å². The van der Waals surface area contributed by atoms with Gasteiger partial charge in [0.25, 0.3) is 5.91 Å². The van der Waals surface area contributed by atoms with E-state index in [2.05, 4.69) is 0 Å². The lowest BCUT2D eigenvalue weighted by atomic mass is 10.1. The van der Waals surface area contributed by atoms with Crippen LogP contribution in [0.25, 0.3) is 0 Å². The Labute approximate surface area is 158 Å². The molecule has 0 bridgehead atoms. The molecule has 0 atom stereocenters. The van der Waals surface area contributed by atoms with Crippen LogP contribution in [0.2, 0.25) is 0 Å². The molecule has 0 radical (unpaired) electrons. The van der Waals surface area contributed by atoms with Crippen LogP contribution in [0.5, 0.6) is 5.75 Å². The van der Waals surface area contributed by atoms with Crippen molar-refractivity contribution < 1.29 is 18.7 Å². The molecule has 0 saturated carbocycles. The number of carbonyl (C=O) groups excluding carboxylic acids is 2. The molecule has 1 heterocycles. The fourth-order valence-corrected chi connectivity index (χ4v) is 3.22. The van der Waals surface area contributed by atoms with E-state index in [1.807, 2.05) is 31.2 Å². The molecule has 6 heteroatoms. The Balaban J connectivity index is 1.58. The molecule has 2 amide bonds. The normalized spacial score (nSPS) is 14.2. The molecule has 142 valence electrons. The summed E-state index contributed by atoms with van der Waals surface area (Å²) in [6.07, 6.45) is 0.365. The van der Waals surface area contributed by atoms with Crippen molar-refractivity contribution in [3.05, 3.63) is 65.0 Å². The van der Waals surface area contributed by atoms with Gasteiger partial charge in [-0.05, 0) is 36.2 Å². The predicted molar refractivity (Wildman–Crippen MR) is 100 cm³/mol. The van der Waals surface area contributed by atoms with E-state index < -0.39 is 5.82 Å². The first-order chi connectivity index (χ1) is 13.0. The van der Waals surface area contributed by atoms with Gasteiger partial charge in [0, 0.05) is 31.7 Å². The Morgan fingerprint density at radius 1 is 1.04 bits per heavy atom. The third kappa shape index (κ3) is 4.27. The van der Waals surface area contributed by atoms with Crippen LogP contribution in [0.3, 0.4) is 0 Å². The second kappa shape index (κ2) is 8.20. The zero-order valence-corrected chi connectivity index (χ0v) is 15.6. The summed E-state index contributed by atoms with van der Waals surface area (Å²) in [4.78, 5) is 28.6. The number of nitrogens with zero attached hydrogens (tertiary/aromatic N) is 2. The number of piperazine rings is 1. The number of aryl methyl sites for hydroxylation is 1. The summed E-state index contributed by atoms with van der Waals surface area (Å²) in [5, 5.41) is 0. The molecule has 0 unspecified atom stereocenters. The van der Waals surface area contributed by atoms with E-state index in [9.17, 15) is 14.0 Å². The fraction of sp³-hybridized carbons (Fsp3) is 0.333. The summed E-state index contributed by atoms with van der Waals surface area (Å²) in [5.74, 6) is -0.622. The zero-order valence-electron chi connectivity index (χ0n) is 15.6. The largest absolute Gasteiger partial charge is 0.494 e. The van der Waals surface area contributed by atoms with Gasteiger partial charge in [-0.25, -0.2) is 4.39 Å². The molecule has 1 aliphatic heterocycles. The van der Waals surface area contributed by atoms with Crippen molar-refractivity contribution in [2.24, 2.45) is 0 Å². The minimum atomic E-state index is -0.560. The van der Waals surface area contributed by atoms with Crippen molar-refractivity contribution in [3.8, 4) is 5.75 Å². The van der Waals surface area contributed by atoms with Gasteiger partial charge in [-0.15, -0.1) is 0 Å². The number of ether oxygens (including phenoxy) is 1. The quantitative estimate of drug-likeness (QED) is 0.831. The SMILES string of the molecule is COc1ccc(C(=O)N2CCN(C(=O)Cc3ccccc3C)CC2)cc1F. The Bertz CT molecular complexity index is 845. The van der Waals surface area contributed by atoms with Crippen LogP contribution < -0.4 is 4.74 Å². The summed E-state index contributed by atoms with van der Waals surface area (Å²) in [7, 11) is 1.38. The molecule has 0 aromatic heterocycles. The van der Waals surface area contributed by atoms with E-state index in [-0.39, 0.29) is 23.1 Å². The first-order valence-corrected chi connectivity index (χ1v) is 8.94. The lowest BCUT2D eigenvalue weighted by Crippen LogP contribution is -2.51. The minimum Gasteiger partial charge on any atom is -0.494 e. The lowest BCUT2D eigenvalue weighted by Gasteiger charge is -2.35. The number of hydrogen-bond donors (Lipinski definition) is 0. The second-order valence-corrected chi connectivity index (χ2v) is 6.63. The molecule has 3 rings (SSSR count). The molecule has 1 fully saturated rings. The maximum atomic E-state index is 13.8. The number of carbonyl (C=O) groups is 2. The van der Waals surface area contributed by atoms with Gasteiger partial charge >= 0.3 is 0 Å². The Morgan fingerprint density at radius 2 is 1.70 bits per heavy atom. The van der Waals surface area contributed by atoms with Gasteiger partial charge < -0.3 is 14.5 Å². The van der Waals surface area contributed by atoms with Gasteiger partial charge in [-0.2, -0.15) is 0 Å². The maximum absolute atomic E-state index is 13.8. The van der Waals surface area contributed by atoms with Gasteiger partial charge in [0.15, 0.2) is 11.6 Å². The molecule has 1 aliphatic rings. The van der Waals surface area contributed by atoms with Crippen LogP contribution in [0.4, 0.5) is 4.39 Å². The first kappa shape index (κ1) is 18.9. The monoisotopic (exact) mass is 370 g/mol. The Hall–Kier alpha value is -2.89. The summed E-state index contributed by atoms with van der Waals surface area (Å²) in [6, 6.07) is 12.0. The standard InChI is InChI=1S/C21H23FN2O3/c1-15-5-3-4-6-16(15)14-20(25)23-9-11-24(12-10-23)21(26)17-7-8-19(27-2)18(22)13-17/h3-8,13H,9-12,14H2,1-2H3. The van der Waals surface area contributed by atoms with Crippen LogP contribution in [-0.4, -0.2) is 54.9 Å². The van der Waals surface area contributed by atoms with E-state index in [1.165, 1.54) is 19.2 Å². The van der Waals surface area contributed by atoms with Crippen molar-refractivity contribution in [1.82, 2.24) is 9.80 Å². The number of hydrogen-bond acceptors (Lipinski definition) is 3. The summed E-state index contributed by atoms with van der Waals surface area (Å²) in [6.45, 7) is 3.83. The average Bonchev–Trinajstić information content (AvgIpc) is 2.69. The summed E-state index contributed by atoms with van der Waals surface area (Å²) in [5.41, 5.74) is 2.41. The van der Waals surface area contributed by atoms with E-state index in [0.717, 1.165) is 11.1 Å². The highest BCUT2D eigenvalue weighted by atomic mass is 19.1. The summed E-state index contributed by atoms with van der Waals surface area (Å²) < 4.78 is 18.7. The van der Waals surface area contributed by atoms with Crippen molar-refractivity contribution in [2.45, 2.75) is 13.3 Å². The van der Waals surface area contributed by atoms with Crippen LogP contribution in [0.15, 0.2) is 42.5 Å². The van der Waals surface area contributed by atoms with Crippen molar-refractivity contribution in [1.29, 1.82) is 0 Å². The smallest absolute Gasteiger partial charge is 0.254 e. The number of rotatable bonds is 4. The summed E-state index contributed by atoms with van der Waals surface area (Å²) >= 11 is 0. The minimum absolute atomic E-state index is 0.0619. The highest BCUT2D eigenvalue weighted by Gasteiger charge is 2.25. The number of benzene rings is 2. The molecule has 0 N–H and O–H groups in total. The van der Waals surface area contributed by atoms with Crippen molar-refractivity contribution in [2.75, 3.05) is 33.3 Å². The molecule has 2 aromatic carbocycles. The van der Waals surface area contributed by atoms with E-state index in [4.69, 9.17) is 4.74 Å². The van der Waals surface area contributed by atoms with Crippen molar-refractivity contribution >= 4 is 11.8 Å². The predicted octanol–water partition coefficient (Wildman–Crippen LogP) is 2.67. The van der Waals surface area contributed by atoms with Gasteiger partial charge in [0.2, 0.25) is 5.91 Å². The highest BCUT2D eigenvalue weighted by Crippen LogP contribution is 2.19. The van der Waals surface area contributed by atoms with Gasteiger partial charge in [0.05, 0.1) is 13.5 Å². The second-order valence-electron chi connectivity index (χ2n) is 6.63. The average molecular weight is 370 g/mol. The van der Waals surface area contributed by atoms with E-state index in [0.29, 0.717) is 32.6 Å². The van der Waals surface area contributed by atoms with Gasteiger partial charge in [-0.3, -0.25) is 9.59 Å². The maximum Gasteiger partial charge on any atom is 0.254 e. The third-order valence-corrected chi connectivity index (χ3v) is 4.92. The van der Waals surface area contributed by atoms with Crippen LogP contribution in [-0.2, 0) is 11.2 Å². The number of halogens is 1. The molecule has 2 aromatic rings. The molecule has 27 heavy (non-hydrogen) atoms. The molecule has 0 aliphatic carbocycles. The molecule has 5 nitrogen and oxygen atoms in total. The zero-order chi connectivity index (χ0) is 19.4. The Morgan fingerprint density at radius 3 is 2.33 bits per heavy atom. The molecular formula is C21H23FN2O3. The number of methoxy groups -OCH3 is 1. The first-order valence-electron chi connectivity index (χ1n) is 8.94. The van der Waals surface area contributed by atoms with Crippen molar-refractivity contribution in [3.63, 3.8) is 0 Å². The van der Waals surface area contributed by atoms with Crippen LogP contribution in [0, 0.1) is 12.7 Å². The highest BCUT2D eigenvalue weighted by molar-refractivity contribution is 5.94. The molecule has 1 saturated heterocycles. The van der Waals surface area contributed by atoms with E-state index >= 15 is 0 Å². The molecular weight excluding hydrogens is 347 g/mol. The van der Waals surface area contributed by atoms with Crippen LogP contribution >= 0.6 is 0 Å². The third-order valence-electron chi connectivity index (χ3n) is 4.92. The Kier molecular flexibility index (Phi) is 5.74. The lowest BCUT2D eigenvalue weighted by molar-refractivity contribution is -0.131. The number of amides is 2. The fourth-order valence-electron chi connectivity index (χ4n) is 3.22. The van der Waals surface area contributed by atoms with Gasteiger partial charge in [0.1, 0.15) is 0 Å². The van der Waals surface area contributed by atoms with E-state index in [1.54, 1.807) is 15.9 Å².